The molecular formula is C9H10N2O7S. The second-order valence-corrected chi connectivity index (χ2v) is 5.90. The molecule has 1 aromatic carbocycles. The summed E-state index contributed by atoms with van der Waals surface area (Å²) in [6.45, 7) is -0.187. The van der Waals surface area contributed by atoms with Crippen LogP contribution in [0.1, 0.15) is 0 Å². The summed E-state index contributed by atoms with van der Waals surface area (Å²) in [7, 11) is -3.21. The van der Waals surface area contributed by atoms with E-state index in [1.807, 2.05) is 0 Å². The average Bonchev–Trinajstić information content (AvgIpc) is 2.26. The van der Waals surface area contributed by atoms with E-state index in [-0.39, 0.29) is 18.1 Å². The fourth-order valence-corrected chi connectivity index (χ4v) is 1.59. The summed E-state index contributed by atoms with van der Waals surface area (Å²) in [6.07, 6.45) is 1.02. The van der Waals surface area contributed by atoms with Crippen molar-refractivity contribution in [1.29, 1.82) is 0 Å². The van der Waals surface area contributed by atoms with Crippen LogP contribution in [0, 0.1) is 20.2 Å². The van der Waals surface area contributed by atoms with E-state index in [4.69, 9.17) is 4.74 Å². The predicted molar refractivity (Wildman–Crippen MR) is 65.0 cm³/mol. The maximum Gasteiger partial charge on any atom is 0.349 e. The lowest BCUT2D eigenvalue weighted by atomic mass is 10.2. The standard InChI is InChI=1S/C9H10N2O7S/c1-19(16,17)5-4-18-7-2-3-8(10(12)13)9(6-7)11(14)15/h2-3,6H,4-5H2,1H3. The van der Waals surface area contributed by atoms with Crippen LogP contribution in [0.5, 0.6) is 5.75 Å². The van der Waals surface area contributed by atoms with Crippen molar-refractivity contribution in [2.75, 3.05) is 18.6 Å². The Morgan fingerprint density at radius 3 is 2.21 bits per heavy atom. The van der Waals surface area contributed by atoms with Crippen LogP contribution in [0.3, 0.4) is 0 Å². The Morgan fingerprint density at radius 2 is 1.74 bits per heavy atom. The van der Waals surface area contributed by atoms with Gasteiger partial charge < -0.3 is 4.74 Å². The van der Waals surface area contributed by atoms with Crippen molar-refractivity contribution in [2.45, 2.75) is 0 Å². The maximum atomic E-state index is 10.9. The van der Waals surface area contributed by atoms with Gasteiger partial charge in [0, 0.05) is 12.3 Å². The molecule has 1 rings (SSSR count). The first kappa shape index (κ1) is 14.8. The maximum absolute atomic E-state index is 10.9. The van der Waals surface area contributed by atoms with Gasteiger partial charge >= 0.3 is 11.4 Å². The summed E-state index contributed by atoms with van der Waals surface area (Å²) in [5, 5.41) is 21.2. The van der Waals surface area contributed by atoms with Crippen LogP contribution in [-0.2, 0) is 9.84 Å². The molecule has 0 aliphatic carbocycles. The lowest BCUT2D eigenvalue weighted by Crippen LogP contribution is -2.12. The third kappa shape index (κ3) is 4.50. The van der Waals surface area contributed by atoms with Crippen LogP contribution in [-0.4, -0.2) is 36.9 Å². The monoisotopic (exact) mass is 290 g/mol. The van der Waals surface area contributed by atoms with Crippen LogP contribution in [0.25, 0.3) is 0 Å². The third-order valence-electron chi connectivity index (χ3n) is 2.06. The van der Waals surface area contributed by atoms with Gasteiger partial charge in [0.2, 0.25) is 0 Å². The predicted octanol–water partition coefficient (Wildman–Crippen LogP) is 0.926. The summed E-state index contributed by atoms with van der Waals surface area (Å²) < 4.78 is 26.7. The number of sulfone groups is 1. The van der Waals surface area contributed by atoms with Crippen LogP contribution in [0.15, 0.2) is 18.2 Å². The van der Waals surface area contributed by atoms with Crippen LogP contribution in [0.2, 0.25) is 0 Å². The van der Waals surface area contributed by atoms with Gasteiger partial charge in [0.15, 0.2) is 9.84 Å². The summed E-state index contributed by atoms with van der Waals surface area (Å²) >= 11 is 0. The van der Waals surface area contributed by atoms with E-state index in [9.17, 15) is 28.6 Å². The van der Waals surface area contributed by atoms with Crippen LogP contribution >= 0.6 is 0 Å². The van der Waals surface area contributed by atoms with Gasteiger partial charge in [-0.05, 0) is 6.07 Å². The molecule has 9 nitrogen and oxygen atoms in total. The van der Waals surface area contributed by atoms with E-state index in [1.54, 1.807) is 0 Å². The number of nitro groups is 2. The molecule has 0 aliphatic heterocycles. The zero-order valence-corrected chi connectivity index (χ0v) is 10.6. The van der Waals surface area contributed by atoms with Gasteiger partial charge in [-0.1, -0.05) is 0 Å². The fourth-order valence-electron chi connectivity index (χ4n) is 1.20. The molecule has 0 heterocycles. The Bertz CT molecular complexity index is 611. The van der Waals surface area contributed by atoms with Crippen molar-refractivity contribution in [3.8, 4) is 5.75 Å². The summed E-state index contributed by atoms with van der Waals surface area (Å²) in [6, 6.07) is 3.00. The van der Waals surface area contributed by atoms with Gasteiger partial charge in [-0.2, -0.15) is 0 Å². The number of hydrogen-bond donors (Lipinski definition) is 0. The van der Waals surface area contributed by atoms with Crippen molar-refractivity contribution in [3.05, 3.63) is 38.4 Å². The molecular weight excluding hydrogens is 280 g/mol. The lowest BCUT2D eigenvalue weighted by molar-refractivity contribution is -0.422. The molecule has 0 saturated carbocycles. The van der Waals surface area contributed by atoms with E-state index >= 15 is 0 Å². The molecule has 0 saturated heterocycles. The Hall–Kier alpha value is -2.23. The molecule has 104 valence electrons. The molecule has 1 aromatic rings. The van der Waals surface area contributed by atoms with Crippen molar-refractivity contribution in [1.82, 2.24) is 0 Å². The number of nitro benzene ring substituents is 2. The number of hydrogen-bond acceptors (Lipinski definition) is 7. The third-order valence-corrected chi connectivity index (χ3v) is 2.97. The summed E-state index contributed by atoms with van der Waals surface area (Å²) in [4.78, 5) is 19.4. The molecule has 0 aliphatic rings. The Labute approximate surface area is 108 Å². The molecule has 0 N–H and O–H groups in total. The van der Waals surface area contributed by atoms with Crippen LogP contribution in [0.4, 0.5) is 11.4 Å². The number of rotatable bonds is 6. The molecule has 0 bridgehead atoms. The van der Waals surface area contributed by atoms with E-state index in [0.29, 0.717) is 0 Å². The highest BCUT2D eigenvalue weighted by Gasteiger charge is 2.24. The van der Waals surface area contributed by atoms with Crippen LogP contribution < -0.4 is 4.74 Å². The number of benzene rings is 1. The van der Waals surface area contributed by atoms with E-state index in [2.05, 4.69) is 0 Å². The normalized spacial score (nSPS) is 11.0. The second-order valence-electron chi connectivity index (χ2n) is 3.64. The summed E-state index contributed by atoms with van der Waals surface area (Å²) in [5.74, 6) is -0.251. The largest absolute Gasteiger partial charge is 0.492 e. The zero-order chi connectivity index (χ0) is 14.6. The quantitative estimate of drug-likeness (QED) is 0.562. The molecule has 19 heavy (non-hydrogen) atoms. The van der Waals surface area contributed by atoms with Crippen molar-refractivity contribution >= 4 is 21.2 Å². The molecule has 10 heteroatoms. The molecule has 0 atom stereocenters. The van der Waals surface area contributed by atoms with Gasteiger partial charge in [-0.15, -0.1) is 0 Å². The average molecular weight is 290 g/mol. The highest BCUT2D eigenvalue weighted by molar-refractivity contribution is 7.90. The summed E-state index contributed by atoms with van der Waals surface area (Å²) in [5.41, 5.74) is -1.36. The Balaban J connectivity index is 2.90. The number of nitrogens with zero attached hydrogens (tertiary/aromatic N) is 2. The first-order valence-corrected chi connectivity index (χ1v) is 7.00. The number of ether oxygens (including phenoxy) is 1. The molecule has 0 spiro atoms. The lowest BCUT2D eigenvalue weighted by Gasteiger charge is -2.05. The highest BCUT2D eigenvalue weighted by atomic mass is 32.2. The minimum Gasteiger partial charge on any atom is -0.492 e. The first-order chi connectivity index (χ1) is 8.70. The van der Waals surface area contributed by atoms with Gasteiger partial charge in [-0.3, -0.25) is 20.2 Å². The molecule has 0 amide bonds. The van der Waals surface area contributed by atoms with Crippen molar-refractivity contribution in [3.63, 3.8) is 0 Å². The minimum atomic E-state index is -3.21. The molecule has 0 unspecified atom stereocenters. The topological polar surface area (TPSA) is 130 Å². The van der Waals surface area contributed by atoms with Gasteiger partial charge in [0.25, 0.3) is 0 Å². The van der Waals surface area contributed by atoms with E-state index < -0.39 is 31.1 Å². The SMILES string of the molecule is CS(=O)(=O)CCOc1ccc([N+](=O)[O-])c([N+](=O)[O-])c1. The van der Waals surface area contributed by atoms with Crippen molar-refractivity contribution in [2.24, 2.45) is 0 Å². The fraction of sp³-hybridized carbons (Fsp3) is 0.333. The highest BCUT2D eigenvalue weighted by Crippen LogP contribution is 2.30. The molecule has 0 aromatic heterocycles. The van der Waals surface area contributed by atoms with Gasteiger partial charge in [0.1, 0.15) is 12.4 Å². The molecule has 0 radical (unpaired) electrons. The smallest absolute Gasteiger partial charge is 0.349 e. The molecule has 0 fully saturated rings. The van der Waals surface area contributed by atoms with Gasteiger partial charge in [0.05, 0.1) is 21.7 Å². The van der Waals surface area contributed by atoms with E-state index in [1.165, 1.54) is 6.07 Å². The zero-order valence-electron chi connectivity index (χ0n) is 9.81. The van der Waals surface area contributed by atoms with Gasteiger partial charge in [-0.25, -0.2) is 8.42 Å². The Morgan fingerprint density at radius 1 is 1.16 bits per heavy atom. The first-order valence-electron chi connectivity index (χ1n) is 4.94. The minimum absolute atomic E-state index is 0.000880. The second kappa shape index (κ2) is 5.61. The van der Waals surface area contributed by atoms with E-state index in [0.717, 1.165) is 18.4 Å². The van der Waals surface area contributed by atoms with Crippen molar-refractivity contribution < 1.29 is 23.0 Å². The Kier molecular flexibility index (Phi) is 4.38.